The summed E-state index contributed by atoms with van der Waals surface area (Å²) < 4.78 is 50.2. The summed E-state index contributed by atoms with van der Waals surface area (Å²) in [5.74, 6) is -0.833. The predicted octanol–water partition coefficient (Wildman–Crippen LogP) is 2.70. The minimum Gasteiger partial charge on any atom is -0.465 e. The molecule has 154 valence electrons. The smallest absolute Gasteiger partial charge is 0.414 e. The average Bonchev–Trinajstić information content (AvgIpc) is 3.14. The molecular formula is C18H17F3N4O3S. The van der Waals surface area contributed by atoms with Crippen molar-refractivity contribution in [2.45, 2.75) is 24.2 Å². The summed E-state index contributed by atoms with van der Waals surface area (Å²) in [5.41, 5.74) is 4.91. The number of nitrogen functional groups attached to an aromatic ring is 1. The van der Waals surface area contributed by atoms with E-state index in [0.29, 0.717) is 10.6 Å². The third-order valence-electron chi connectivity index (χ3n) is 4.91. The summed E-state index contributed by atoms with van der Waals surface area (Å²) >= 11 is 1.19. The molecule has 0 spiro atoms. The molecule has 1 fully saturated rings. The van der Waals surface area contributed by atoms with Gasteiger partial charge < -0.3 is 15.2 Å². The number of amidine groups is 1. The van der Waals surface area contributed by atoms with E-state index in [4.69, 9.17) is 15.2 Å². The highest BCUT2D eigenvalue weighted by Crippen LogP contribution is 2.47. The summed E-state index contributed by atoms with van der Waals surface area (Å²) in [5, 5.41) is 4.58. The number of nitrogens with one attached hydrogen (secondary N) is 1. The van der Waals surface area contributed by atoms with E-state index in [-0.39, 0.29) is 31.5 Å². The third kappa shape index (κ3) is 3.79. The van der Waals surface area contributed by atoms with E-state index in [1.807, 2.05) is 0 Å². The van der Waals surface area contributed by atoms with Crippen molar-refractivity contribution in [2.24, 2.45) is 10.9 Å². The number of fused-ring (bicyclic) bond motifs is 1. The summed E-state index contributed by atoms with van der Waals surface area (Å²) in [7, 11) is 0. The van der Waals surface area contributed by atoms with E-state index in [2.05, 4.69) is 15.3 Å². The van der Waals surface area contributed by atoms with Gasteiger partial charge in [-0.3, -0.25) is 10.1 Å². The van der Waals surface area contributed by atoms with Crippen LogP contribution in [0.15, 0.2) is 40.7 Å². The zero-order valence-electron chi connectivity index (χ0n) is 15.0. The van der Waals surface area contributed by atoms with Gasteiger partial charge in [-0.15, -0.1) is 11.3 Å². The maximum absolute atomic E-state index is 13.2. The number of rotatable bonds is 2. The molecule has 2 aliphatic rings. The lowest BCUT2D eigenvalue weighted by Crippen LogP contribution is -2.55. The number of hydrogen-bond donors (Lipinski definition) is 2. The van der Waals surface area contributed by atoms with Crippen LogP contribution in [0.4, 0.5) is 19.0 Å². The molecule has 0 radical (unpaired) electrons. The highest BCUT2D eigenvalue weighted by Gasteiger charge is 2.56. The van der Waals surface area contributed by atoms with Crippen molar-refractivity contribution in [3.05, 3.63) is 46.3 Å². The predicted molar refractivity (Wildman–Crippen MR) is 99.4 cm³/mol. The van der Waals surface area contributed by atoms with Crippen LogP contribution in [0.2, 0.25) is 0 Å². The molecule has 2 aliphatic heterocycles. The summed E-state index contributed by atoms with van der Waals surface area (Å²) in [6.45, 7) is -0.411. The van der Waals surface area contributed by atoms with Crippen LogP contribution < -0.4 is 11.1 Å². The summed E-state index contributed by atoms with van der Waals surface area (Å²) in [6.07, 6.45) is -6.72. The molecule has 3 atom stereocenters. The Hall–Kier alpha value is -2.66. The monoisotopic (exact) mass is 426 g/mol. The number of alkyl halides is 3. The van der Waals surface area contributed by atoms with Crippen molar-refractivity contribution >= 4 is 29.1 Å². The Morgan fingerprint density at radius 3 is 2.72 bits per heavy atom. The standard InChI is InChI=1S/C18H17F3N4O3S/c19-18(20,21)12-6-11-7-27-16(24-14(26)10-4-2-1-3-5-10)25-17(11,9-28-12)15-23-13(22)8-29-15/h1-5,8,11-12H,6-7,9,22H2,(H,24,25,26)/t11-,12+,17-/m0/s1. The second kappa shape index (κ2) is 7.30. The summed E-state index contributed by atoms with van der Waals surface area (Å²) in [4.78, 5) is 21.1. The Morgan fingerprint density at radius 1 is 1.31 bits per heavy atom. The first-order valence-electron chi connectivity index (χ1n) is 8.77. The second-order valence-corrected chi connectivity index (χ2v) is 7.68. The zero-order valence-corrected chi connectivity index (χ0v) is 15.8. The minimum atomic E-state index is -4.49. The number of nitrogens with two attached hydrogens (primary N) is 1. The number of benzene rings is 1. The molecule has 1 aromatic carbocycles. The number of aromatic nitrogens is 1. The fourth-order valence-electron chi connectivity index (χ4n) is 3.41. The third-order valence-corrected chi connectivity index (χ3v) is 5.94. The van der Waals surface area contributed by atoms with Crippen LogP contribution in [0.25, 0.3) is 0 Å². The summed E-state index contributed by atoms with van der Waals surface area (Å²) in [6, 6.07) is 8.35. The number of anilines is 1. The minimum absolute atomic E-state index is 0.0661. The SMILES string of the molecule is Nc1csc([C@]23CO[C@@H](C(F)(F)F)C[C@H]2COC(NC(=O)c2ccccc2)=N3)n1. The van der Waals surface area contributed by atoms with Crippen molar-refractivity contribution in [3.8, 4) is 0 Å². The lowest BCUT2D eigenvalue weighted by atomic mass is 9.79. The number of thiazole rings is 1. The number of halogens is 3. The van der Waals surface area contributed by atoms with Crippen LogP contribution in [0.1, 0.15) is 21.8 Å². The maximum atomic E-state index is 13.2. The lowest BCUT2D eigenvalue weighted by Gasteiger charge is -2.45. The van der Waals surface area contributed by atoms with Gasteiger partial charge in [-0.2, -0.15) is 13.2 Å². The molecule has 0 aliphatic carbocycles. The van der Waals surface area contributed by atoms with Gasteiger partial charge in [-0.05, 0) is 18.6 Å². The Balaban J connectivity index is 1.65. The normalized spacial score (nSPS) is 26.8. The molecule has 0 unspecified atom stereocenters. The molecule has 29 heavy (non-hydrogen) atoms. The van der Waals surface area contributed by atoms with Crippen LogP contribution in [0.5, 0.6) is 0 Å². The average molecular weight is 426 g/mol. The molecule has 1 aromatic heterocycles. The van der Waals surface area contributed by atoms with Crippen LogP contribution in [-0.4, -0.2) is 42.4 Å². The molecule has 0 bridgehead atoms. The molecule has 7 nitrogen and oxygen atoms in total. The molecule has 11 heteroatoms. The van der Waals surface area contributed by atoms with Gasteiger partial charge in [-0.25, -0.2) is 9.98 Å². The Labute approximate surface area is 167 Å². The van der Waals surface area contributed by atoms with Crippen molar-refractivity contribution in [1.29, 1.82) is 0 Å². The number of amides is 1. The quantitative estimate of drug-likeness (QED) is 0.770. The van der Waals surface area contributed by atoms with Gasteiger partial charge in [0, 0.05) is 16.9 Å². The number of carbonyl (C=O) groups is 1. The first-order valence-corrected chi connectivity index (χ1v) is 9.65. The number of aliphatic imine (C=N–C) groups is 1. The Morgan fingerprint density at radius 2 is 2.07 bits per heavy atom. The van der Waals surface area contributed by atoms with Crippen molar-refractivity contribution in [1.82, 2.24) is 10.3 Å². The first kappa shape index (κ1) is 19.6. The number of nitrogens with zero attached hydrogens (tertiary/aromatic N) is 2. The molecule has 3 heterocycles. The van der Waals surface area contributed by atoms with Crippen LogP contribution in [0.3, 0.4) is 0 Å². The van der Waals surface area contributed by atoms with Gasteiger partial charge in [-0.1, -0.05) is 18.2 Å². The van der Waals surface area contributed by atoms with Crippen molar-refractivity contribution < 1.29 is 27.4 Å². The molecule has 0 saturated carbocycles. The van der Waals surface area contributed by atoms with Gasteiger partial charge >= 0.3 is 6.18 Å². The number of carbonyl (C=O) groups excluding carboxylic acids is 1. The molecule has 1 saturated heterocycles. The van der Waals surface area contributed by atoms with Gasteiger partial charge in [0.2, 0.25) is 0 Å². The van der Waals surface area contributed by atoms with E-state index in [1.165, 1.54) is 11.3 Å². The van der Waals surface area contributed by atoms with E-state index >= 15 is 0 Å². The molecule has 1 amide bonds. The van der Waals surface area contributed by atoms with Gasteiger partial charge in [0.15, 0.2) is 6.10 Å². The zero-order chi connectivity index (χ0) is 20.6. The largest absolute Gasteiger partial charge is 0.465 e. The highest BCUT2D eigenvalue weighted by atomic mass is 32.1. The van der Waals surface area contributed by atoms with E-state index in [0.717, 1.165) is 0 Å². The van der Waals surface area contributed by atoms with Crippen molar-refractivity contribution in [2.75, 3.05) is 18.9 Å². The molecule has 3 N–H and O–H groups in total. The van der Waals surface area contributed by atoms with E-state index in [1.54, 1.807) is 35.7 Å². The van der Waals surface area contributed by atoms with Crippen LogP contribution in [-0.2, 0) is 15.0 Å². The molecule has 2 aromatic rings. The Bertz CT molecular complexity index is 934. The maximum Gasteiger partial charge on any atom is 0.414 e. The van der Waals surface area contributed by atoms with E-state index < -0.39 is 29.6 Å². The van der Waals surface area contributed by atoms with Crippen molar-refractivity contribution in [3.63, 3.8) is 0 Å². The van der Waals surface area contributed by atoms with Crippen LogP contribution >= 0.6 is 11.3 Å². The molecular weight excluding hydrogens is 409 g/mol. The fourth-order valence-corrected chi connectivity index (χ4v) is 4.33. The number of hydrogen-bond acceptors (Lipinski definition) is 7. The van der Waals surface area contributed by atoms with Gasteiger partial charge in [0.25, 0.3) is 11.9 Å². The number of ether oxygens (including phenoxy) is 2. The van der Waals surface area contributed by atoms with E-state index in [9.17, 15) is 18.0 Å². The second-order valence-electron chi connectivity index (χ2n) is 6.82. The highest BCUT2D eigenvalue weighted by molar-refractivity contribution is 7.10. The van der Waals surface area contributed by atoms with Gasteiger partial charge in [0.05, 0.1) is 13.2 Å². The molecule has 4 rings (SSSR count). The topological polar surface area (TPSA) is 98.8 Å². The van der Waals surface area contributed by atoms with Gasteiger partial charge in [0.1, 0.15) is 16.4 Å². The van der Waals surface area contributed by atoms with Crippen LogP contribution in [0, 0.1) is 5.92 Å². The lowest BCUT2D eigenvalue weighted by molar-refractivity contribution is -0.249. The Kier molecular flexibility index (Phi) is 4.95. The first-order chi connectivity index (χ1) is 13.8. The fraction of sp³-hybridized carbons (Fsp3) is 0.389.